The maximum atomic E-state index is 11.7. The monoisotopic (exact) mass is 403 g/mol. The highest BCUT2D eigenvalue weighted by Crippen LogP contribution is 2.23. The first-order valence-electron chi connectivity index (χ1n) is 9.19. The normalized spacial score (nSPS) is 10.4. The van der Waals surface area contributed by atoms with Gasteiger partial charge >= 0.3 is 11.7 Å². The van der Waals surface area contributed by atoms with Crippen LogP contribution in [0.2, 0.25) is 0 Å². The standard InChI is InChI=1S/C20H25N3O6/c1-13-9-14(2)15(3)16(10-13)28-8-4-6-21-18(25)12-29-19(26)11-23-7-5-17(24)22-20(23)27/h5,7,9-10H,4,6,8,11-12H2,1-3H3,(H,21,25)(H,22,24,27). The molecule has 1 aromatic heterocycles. The zero-order valence-electron chi connectivity index (χ0n) is 16.7. The molecule has 1 aromatic carbocycles. The van der Waals surface area contributed by atoms with Gasteiger partial charge in [0.2, 0.25) is 0 Å². The van der Waals surface area contributed by atoms with Crippen LogP contribution in [-0.4, -0.2) is 41.2 Å². The molecule has 2 aromatic rings. The van der Waals surface area contributed by atoms with Crippen LogP contribution in [0.3, 0.4) is 0 Å². The lowest BCUT2D eigenvalue weighted by Gasteiger charge is -2.12. The summed E-state index contributed by atoms with van der Waals surface area (Å²) in [4.78, 5) is 47.9. The van der Waals surface area contributed by atoms with Crippen LogP contribution in [0.5, 0.6) is 5.75 Å². The average Bonchev–Trinajstić information content (AvgIpc) is 2.65. The quantitative estimate of drug-likeness (QED) is 0.467. The number of amides is 1. The van der Waals surface area contributed by atoms with Crippen LogP contribution < -0.4 is 21.3 Å². The molecular weight excluding hydrogens is 378 g/mol. The molecule has 0 aliphatic heterocycles. The number of benzene rings is 1. The second kappa shape index (κ2) is 10.3. The number of aromatic amines is 1. The Bertz CT molecular complexity index is 992. The largest absolute Gasteiger partial charge is 0.493 e. The zero-order valence-corrected chi connectivity index (χ0v) is 16.7. The third-order valence-electron chi connectivity index (χ3n) is 4.23. The second-order valence-electron chi connectivity index (χ2n) is 6.66. The molecule has 0 bridgehead atoms. The Labute approximate surface area is 167 Å². The number of hydrogen-bond donors (Lipinski definition) is 2. The second-order valence-corrected chi connectivity index (χ2v) is 6.66. The van der Waals surface area contributed by atoms with E-state index < -0.39 is 36.3 Å². The third-order valence-corrected chi connectivity index (χ3v) is 4.23. The Balaban J connectivity index is 1.65. The number of aromatic nitrogens is 2. The third kappa shape index (κ3) is 6.95. The van der Waals surface area contributed by atoms with Crippen molar-refractivity contribution in [3.63, 3.8) is 0 Å². The lowest BCUT2D eigenvalue weighted by atomic mass is 10.1. The van der Waals surface area contributed by atoms with Crippen LogP contribution in [0.4, 0.5) is 0 Å². The molecule has 0 fully saturated rings. The smallest absolute Gasteiger partial charge is 0.328 e. The van der Waals surface area contributed by atoms with Gasteiger partial charge in [-0.05, 0) is 49.9 Å². The maximum Gasteiger partial charge on any atom is 0.328 e. The summed E-state index contributed by atoms with van der Waals surface area (Å²) in [6.07, 6.45) is 1.78. The summed E-state index contributed by atoms with van der Waals surface area (Å²) in [5, 5.41) is 2.63. The number of esters is 1. The van der Waals surface area contributed by atoms with Crippen LogP contribution in [0.1, 0.15) is 23.1 Å². The van der Waals surface area contributed by atoms with E-state index in [-0.39, 0.29) is 0 Å². The maximum absolute atomic E-state index is 11.7. The molecule has 0 saturated heterocycles. The Morgan fingerprint density at radius 1 is 1.17 bits per heavy atom. The molecule has 0 unspecified atom stereocenters. The number of aryl methyl sites for hydroxylation is 2. The molecule has 2 N–H and O–H groups in total. The van der Waals surface area contributed by atoms with Gasteiger partial charge in [0.05, 0.1) is 6.61 Å². The molecule has 1 amide bonds. The van der Waals surface area contributed by atoms with Crippen molar-refractivity contribution in [3.05, 3.63) is 61.9 Å². The molecule has 0 atom stereocenters. The molecular formula is C20H25N3O6. The first-order chi connectivity index (χ1) is 13.8. The SMILES string of the molecule is Cc1cc(C)c(C)c(OCCCNC(=O)COC(=O)Cn2ccc(=O)[nH]c2=O)c1. The number of ether oxygens (including phenoxy) is 2. The molecule has 0 aliphatic carbocycles. The fraction of sp³-hybridized carbons (Fsp3) is 0.400. The minimum Gasteiger partial charge on any atom is -0.493 e. The van der Waals surface area contributed by atoms with Crippen molar-refractivity contribution in [3.8, 4) is 5.75 Å². The van der Waals surface area contributed by atoms with Crippen molar-refractivity contribution in [2.24, 2.45) is 0 Å². The number of carbonyl (C=O) groups is 2. The van der Waals surface area contributed by atoms with Gasteiger partial charge in [-0.3, -0.25) is 23.9 Å². The number of hydrogen-bond acceptors (Lipinski definition) is 6. The molecule has 29 heavy (non-hydrogen) atoms. The van der Waals surface area contributed by atoms with Gasteiger partial charge in [-0.2, -0.15) is 0 Å². The highest BCUT2D eigenvalue weighted by molar-refractivity contribution is 5.80. The topological polar surface area (TPSA) is 119 Å². The molecule has 9 heteroatoms. The van der Waals surface area contributed by atoms with Crippen LogP contribution in [-0.2, 0) is 20.9 Å². The van der Waals surface area contributed by atoms with E-state index in [0.717, 1.165) is 27.5 Å². The summed E-state index contributed by atoms with van der Waals surface area (Å²) in [5.74, 6) is -0.377. The van der Waals surface area contributed by atoms with Crippen LogP contribution in [0.15, 0.2) is 34.0 Å². The molecule has 1 heterocycles. The summed E-state index contributed by atoms with van der Waals surface area (Å²) < 4.78 is 11.6. The van der Waals surface area contributed by atoms with E-state index in [1.807, 2.05) is 31.8 Å². The summed E-state index contributed by atoms with van der Waals surface area (Å²) in [6.45, 7) is 6.01. The van der Waals surface area contributed by atoms with Crippen molar-refractivity contribution < 1.29 is 19.1 Å². The van der Waals surface area contributed by atoms with Gasteiger partial charge in [0.25, 0.3) is 11.5 Å². The van der Waals surface area contributed by atoms with Gasteiger partial charge in [0.1, 0.15) is 12.3 Å². The fourth-order valence-electron chi connectivity index (χ4n) is 2.58. The highest BCUT2D eigenvalue weighted by Gasteiger charge is 2.09. The fourth-order valence-corrected chi connectivity index (χ4v) is 2.58. The van der Waals surface area contributed by atoms with E-state index >= 15 is 0 Å². The van der Waals surface area contributed by atoms with Gasteiger partial charge in [0.15, 0.2) is 6.61 Å². The van der Waals surface area contributed by atoms with Gasteiger partial charge in [0, 0.05) is 18.8 Å². The number of nitrogens with one attached hydrogen (secondary N) is 2. The molecule has 0 aliphatic rings. The first kappa shape index (κ1) is 21.9. The van der Waals surface area contributed by atoms with Gasteiger partial charge in [-0.1, -0.05) is 6.07 Å². The van der Waals surface area contributed by atoms with Crippen molar-refractivity contribution in [1.29, 1.82) is 0 Å². The summed E-state index contributed by atoms with van der Waals surface area (Å²) in [6, 6.07) is 5.19. The average molecular weight is 403 g/mol. The van der Waals surface area contributed by atoms with Crippen LogP contribution >= 0.6 is 0 Å². The van der Waals surface area contributed by atoms with Crippen LogP contribution in [0, 0.1) is 20.8 Å². The van der Waals surface area contributed by atoms with Crippen LogP contribution in [0.25, 0.3) is 0 Å². The lowest BCUT2D eigenvalue weighted by Crippen LogP contribution is -2.33. The van der Waals surface area contributed by atoms with E-state index in [2.05, 4.69) is 11.4 Å². The number of carbonyl (C=O) groups excluding carboxylic acids is 2. The number of rotatable bonds is 9. The Morgan fingerprint density at radius 2 is 1.93 bits per heavy atom. The van der Waals surface area contributed by atoms with Gasteiger partial charge < -0.3 is 14.8 Å². The van der Waals surface area contributed by atoms with E-state index in [9.17, 15) is 19.2 Å². The molecule has 2 rings (SSSR count). The Morgan fingerprint density at radius 3 is 2.66 bits per heavy atom. The Kier molecular flexibility index (Phi) is 7.76. The summed E-state index contributed by atoms with van der Waals surface area (Å²) >= 11 is 0. The predicted octanol–water partition coefficient (Wildman–Crippen LogP) is 0.590. The molecule has 9 nitrogen and oxygen atoms in total. The zero-order chi connectivity index (χ0) is 21.4. The minimum absolute atomic E-state index is 0.375. The first-order valence-corrected chi connectivity index (χ1v) is 9.19. The van der Waals surface area contributed by atoms with Crippen molar-refractivity contribution >= 4 is 11.9 Å². The number of H-pyrrole nitrogens is 1. The number of nitrogens with zero attached hydrogens (tertiary/aromatic N) is 1. The lowest BCUT2D eigenvalue weighted by molar-refractivity contribution is -0.149. The van der Waals surface area contributed by atoms with Crippen molar-refractivity contribution in [2.45, 2.75) is 33.7 Å². The Hall–Kier alpha value is -3.36. The molecule has 0 spiro atoms. The van der Waals surface area contributed by atoms with Gasteiger partial charge in [-0.15, -0.1) is 0 Å². The van der Waals surface area contributed by atoms with Gasteiger partial charge in [-0.25, -0.2) is 4.79 Å². The van der Waals surface area contributed by atoms with E-state index in [1.165, 1.54) is 11.8 Å². The highest BCUT2D eigenvalue weighted by atomic mass is 16.5. The molecule has 0 saturated carbocycles. The predicted molar refractivity (Wildman–Crippen MR) is 106 cm³/mol. The summed E-state index contributed by atoms with van der Waals surface area (Å²) in [7, 11) is 0. The summed E-state index contributed by atoms with van der Waals surface area (Å²) in [5.41, 5.74) is 2.10. The van der Waals surface area contributed by atoms with Crippen molar-refractivity contribution in [2.75, 3.05) is 19.8 Å². The van der Waals surface area contributed by atoms with E-state index in [1.54, 1.807) is 0 Å². The van der Waals surface area contributed by atoms with Crippen molar-refractivity contribution in [1.82, 2.24) is 14.9 Å². The molecule has 156 valence electrons. The minimum atomic E-state index is -0.761. The molecule has 0 radical (unpaired) electrons. The van der Waals surface area contributed by atoms with E-state index in [0.29, 0.717) is 19.6 Å². The van der Waals surface area contributed by atoms with E-state index in [4.69, 9.17) is 9.47 Å².